The lowest BCUT2D eigenvalue weighted by atomic mass is 9.88. The van der Waals surface area contributed by atoms with E-state index in [1.165, 1.54) is 23.7 Å². The fourth-order valence-electron chi connectivity index (χ4n) is 5.28. The van der Waals surface area contributed by atoms with Crippen LogP contribution in [-0.2, 0) is 21.3 Å². The van der Waals surface area contributed by atoms with E-state index in [1.807, 2.05) is 12.1 Å². The number of halogens is 1. The summed E-state index contributed by atoms with van der Waals surface area (Å²) in [5, 5.41) is 31.6. The summed E-state index contributed by atoms with van der Waals surface area (Å²) in [6.07, 6.45) is 0.433. The molecule has 5 rings (SSSR count). The van der Waals surface area contributed by atoms with Crippen molar-refractivity contribution in [3.63, 3.8) is 0 Å². The molecule has 0 spiro atoms. The largest absolute Gasteiger partial charge is 0.387 e. The van der Waals surface area contributed by atoms with Gasteiger partial charge in [-0.05, 0) is 59.8 Å². The molecule has 2 aromatic carbocycles. The summed E-state index contributed by atoms with van der Waals surface area (Å²) in [6.45, 7) is 1.72. The van der Waals surface area contributed by atoms with Crippen molar-refractivity contribution >= 4 is 23.4 Å². The monoisotopic (exact) mass is 476 g/mol. The minimum atomic E-state index is -1.27. The summed E-state index contributed by atoms with van der Waals surface area (Å²) in [5.74, 6) is 0.661. The molecule has 2 saturated heterocycles. The summed E-state index contributed by atoms with van der Waals surface area (Å²) in [4.78, 5) is 0. The number of rotatable bonds is 5. The molecule has 3 aliphatic rings. The first kappa shape index (κ1) is 22.7. The lowest BCUT2D eigenvalue weighted by Gasteiger charge is -2.40. The SMILES string of the molecule is CS[C@H]1OC(c2ccc(Cl)c(Cc3ccc([C@@]45CCOC[C@@H]4C5)cc3)c2)[C@H](O)[C@@H](O)[C@@H]1O. The number of fused-ring (bicyclic) bond motifs is 1. The van der Waals surface area contributed by atoms with Crippen molar-refractivity contribution in [3.05, 3.63) is 69.7 Å². The van der Waals surface area contributed by atoms with Gasteiger partial charge < -0.3 is 24.8 Å². The third-order valence-electron chi connectivity index (χ3n) is 7.37. The van der Waals surface area contributed by atoms with Crippen LogP contribution in [-0.4, -0.2) is 58.5 Å². The molecule has 3 N–H and O–H groups in total. The molecule has 0 bridgehead atoms. The maximum absolute atomic E-state index is 10.5. The van der Waals surface area contributed by atoms with E-state index in [9.17, 15) is 15.3 Å². The number of aliphatic hydroxyl groups excluding tert-OH is 3. The van der Waals surface area contributed by atoms with Gasteiger partial charge in [0.05, 0.1) is 6.61 Å². The molecule has 2 heterocycles. The highest BCUT2D eigenvalue weighted by molar-refractivity contribution is 7.99. The van der Waals surface area contributed by atoms with Crippen LogP contribution >= 0.6 is 23.4 Å². The van der Waals surface area contributed by atoms with Crippen LogP contribution < -0.4 is 0 Å². The third kappa shape index (κ3) is 4.00. The van der Waals surface area contributed by atoms with E-state index in [0.717, 1.165) is 36.3 Å². The second-order valence-electron chi connectivity index (χ2n) is 9.24. The van der Waals surface area contributed by atoms with Gasteiger partial charge in [-0.3, -0.25) is 0 Å². The van der Waals surface area contributed by atoms with E-state index >= 15 is 0 Å². The molecule has 2 aliphatic heterocycles. The maximum Gasteiger partial charge on any atom is 0.132 e. The minimum absolute atomic E-state index is 0.321. The third-order valence-corrected chi connectivity index (χ3v) is 8.59. The van der Waals surface area contributed by atoms with E-state index in [0.29, 0.717) is 22.8 Å². The van der Waals surface area contributed by atoms with Crippen molar-refractivity contribution in [2.75, 3.05) is 19.5 Å². The zero-order valence-electron chi connectivity index (χ0n) is 18.0. The quantitative estimate of drug-likeness (QED) is 0.613. The van der Waals surface area contributed by atoms with Gasteiger partial charge in [-0.2, -0.15) is 0 Å². The smallest absolute Gasteiger partial charge is 0.132 e. The molecule has 1 aliphatic carbocycles. The van der Waals surface area contributed by atoms with E-state index in [4.69, 9.17) is 21.1 Å². The number of hydrogen-bond donors (Lipinski definition) is 3. The van der Waals surface area contributed by atoms with E-state index in [2.05, 4.69) is 24.3 Å². The Labute approximate surface area is 197 Å². The molecular formula is C25H29ClO5S. The molecule has 3 fully saturated rings. The average Bonchev–Trinajstić information content (AvgIpc) is 3.56. The molecule has 2 aromatic rings. The predicted octanol–water partition coefficient (Wildman–Crippen LogP) is 3.45. The number of hydrogen-bond acceptors (Lipinski definition) is 6. The van der Waals surface area contributed by atoms with Crippen LogP contribution in [0.3, 0.4) is 0 Å². The first-order valence-electron chi connectivity index (χ1n) is 11.1. The molecule has 7 atom stereocenters. The summed E-state index contributed by atoms with van der Waals surface area (Å²) in [5.41, 5.74) is 3.95. The molecule has 7 heteroatoms. The van der Waals surface area contributed by atoms with Crippen molar-refractivity contribution in [2.24, 2.45) is 5.92 Å². The Bertz CT molecular complexity index is 967. The van der Waals surface area contributed by atoms with Gasteiger partial charge >= 0.3 is 0 Å². The van der Waals surface area contributed by atoms with Crippen LogP contribution in [0, 0.1) is 5.92 Å². The normalized spacial score (nSPS) is 36.5. The molecule has 5 nitrogen and oxygen atoms in total. The topological polar surface area (TPSA) is 79.2 Å². The zero-order valence-corrected chi connectivity index (χ0v) is 19.6. The van der Waals surface area contributed by atoms with Gasteiger partial charge in [0.2, 0.25) is 0 Å². The molecule has 32 heavy (non-hydrogen) atoms. The summed E-state index contributed by atoms with van der Waals surface area (Å²) < 4.78 is 11.5. The van der Waals surface area contributed by atoms with Gasteiger partial charge in [-0.15, -0.1) is 11.8 Å². The summed E-state index contributed by atoms with van der Waals surface area (Å²) in [6, 6.07) is 14.4. The first-order chi connectivity index (χ1) is 15.4. The highest BCUT2D eigenvalue weighted by atomic mass is 35.5. The maximum atomic E-state index is 10.5. The molecule has 0 amide bonds. The highest BCUT2D eigenvalue weighted by Gasteiger charge is 2.56. The van der Waals surface area contributed by atoms with Gasteiger partial charge in [0.1, 0.15) is 29.9 Å². The van der Waals surface area contributed by atoms with Crippen LogP contribution in [0.1, 0.15) is 41.2 Å². The van der Waals surface area contributed by atoms with Crippen LogP contribution in [0.2, 0.25) is 5.02 Å². The highest BCUT2D eigenvalue weighted by Crippen LogP contribution is 2.58. The minimum Gasteiger partial charge on any atom is -0.387 e. The standard InChI is InChI=1S/C25H29ClO5S/c1-32-24-22(29)20(27)21(28)23(31-24)15-4-7-19(26)16(11-15)10-14-2-5-17(6-3-14)25-8-9-30-13-18(25)12-25/h2-7,11,18,20-24,27-29H,8-10,12-13H2,1H3/t18-,20+,21+,22-,23?,24+,25-/m0/s1. The fourth-order valence-corrected chi connectivity index (χ4v) is 6.14. The Morgan fingerprint density at radius 3 is 2.56 bits per heavy atom. The van der Waals surface area contributed by atoms with Crippen LogP contribution in [0.4, 0.5) is 0 Å². The van der Waals surface area contributed by atoms with Gasteiger partial charge in [-0.25, -0.2) is 0 Å². The number of ether oxygens (including phenoxy) is 2. The number of thioether (sulfide) groups is 1. The Balaban J connectivity index is 1.34. The number of benzene rings is 2. The Morgan fingerprint density at radius 1 is 1.06 bits per heavy atom. The number of aliphatic hydroxyl groups is 3. The van der Waals surface area contributed by atoms with E-state index in [1.54, 1.807) is 12.3 Å². The van der Waals surface area contributed by atoms with Crippen molar-refractivity contribution in [1.82, 2.24) is 0 Å². The molecule has 1 unspecified atom stereocenters. The zero-order chi connectivity index (χ0) is 22.5. The van der Waals surface area contributed by atoms with Gasteiger partial charge in [-0.1, -0.05) is 48.0 Å². The summed E-state index contributed by atoms with van der Waals surface area (Å²) >= 11 is 7.81. The van der Waals surface area contributed by atoms with Gasteiger partial charge in [0, 0.05) is 17.0 Å². The van der Waals surface area contributed by atoms with E-state index in [-0.39, 0.29) is 0 Å². The Kier molecular flexibility index (Phi) is 6.31. The molecule has 0 aromatic heterocycles. The predicted molar refractivity (Wildman–Crippen MR) is 125 cm³/mol. The fraction of sp³-hybridized carbons (Fsp3) is 0.520. The molecule has 172 valence electrons. The lowest BCUT2D eigenvalue weighted by molar-refractivity contribution is -0.200. The van der Waals surface area contributed by atoms with Crippen LogP contribution in [0.15, 0.2) is 42.5 Å². The Hall–Kier alpha value is -1.12. The second kappa shape index (κ2) is 8.91. The van der Waals surface area contributed by atoms with Crippen molar-refractivity contribution < 1.29 is 24.8 Å². The second-order valence-corrected chi connectivity index (χ2v) is 10.6. The summed E-state index contributed by atoms with van der Waals surface area (Å²) in [7, 11) is 0. The van der Waals surface area contributed by atoms with Crippen molar-refractivity contribution in [2.45, 2.75) is 54.5 Å². The molecule has 1 saturated carbocycles. The average molecular weight is 477 g/mol. The first-order valence-corrected chi connectivity index (χ1v) is 12.8. The molecule has 0 radical (unpaired) electrons. The van der Waals surface area contributed by atoms with Gasteiger partial charge in [0.15, 0.2) is 0 Å². The van der Waals surface area contributed by atoms with Crippen LogP contribution in [0.5, 0.6) is 0 Å². The van der Waals surface area contributed by atoms with Crippen LogP contribution in [0.25, 0.3) is 0 Å². The Morgan fingerprint density at radius 2 is 1.84 bits per heavy atom. The molecular weight excluding hydrogens is 448 g/mol. The lowest BCUT2D eigenvalue weighted by Crippen LogP contribution is -2.52. The van der Waals surface area contributed by atoms with Crippen molar-refractivity contribution in [3.8, 4) is 0 Å². The van der Waals surface area contributed by atoms with Gasteiger partial charge in [0.25, 0.3) is 0 Å². The van der Waals surface area contributed by atoms with Crippen molar-refractivity contribution in [1.29, 1.82) is 0 Å². The van der Waals surface area contributed by atoms with E-state index < -0.39 is 29.9 Å².